The van der Waals surface area contributed by atoms with Gasteiger partial charge in [0.25, 0.3) is 5.69 Å². The molecule has 0 saturated carbocycles. The van der Waals surface area contributed by atoms with Gasteiger partial charge in [-0.3, -0.25) is 10.1 Å². The summed E-state index contributed by atoms with van der Waals surface area (Å²) in [7, 11) is 0. The summed E-state index contributed by atoms with van der Waals surface area (Å²) in [5, 5.41) is 11.0. The molecule has 0 unspecified atom stereocenters. The highest BCUT2D eigenvalue weighted by Crippen LogP contribution is 2.27. The lowest BCUT2D eigenvalue weighted by Gasteiger charge is -2.17. The molecule has 0 bridgehead atoms. The SMILES string of the molecule is NC(=S)c1ccc(N2CCCC2)cc1[N+](=O)[O-]. The van der Waals surface area contributed by atoms with E-state index >= 15 is 0 Å². The van der Waals surface area contributed by atoms with E-state index < -0.39 is 4.92 Å². The first kappa shape index (κ1) is 11.8. The lowest BCUT2D eigenvalue weighted by molar-refractivity contribution is -0.385. The van der Waals surface area contributed by atoms with E-state index in [-0.39, 0.29) is 10.7 Å². The van der Waals surface area contributed by atoms with Gasteiger partial charge in [-0.05, 0) is 25.0 Å². The van der Waals surface area contributed by atoms with Gasteiger partial charge < -0.3 is 10.6 Å². The third-order valence-electron chi connectivity index (χ3n) is 2.91. The van der Waals surface area contributed by atoms with Crippen LogP contribution in [0.4, 0.5) is 11.4 Å². The molecule has 1 aliphatic rings. The predicted molar refractivity (Wildman–Crippen MR) is 70.4 cm³/mol. The number of thiocarbonyl (C=S) groups is 1. The van der Waals surface area contributed by atoms with E-state index in [1.165, 1.54) is 0 Å². The quantitative estimate of drug-likeness (QED) is 0.504. The van der Waals surface area contributed by atoms with E-state index in [0.717, 1.165) is 31.6 Å². The van der Waals surface area contributed by atoms with Gasteiger partial charge in [0.15, 0.2) is 0 Å². The third kappa shape index (κ3) is 2.36. The normalized spacial score (nSPS) is 14.9. The lowest BCUT2D eigenvalue weighted by Crippen LogP contribution is -2.18. The van der Waals surface area contributed by atoms with Crippen molar-refractivity contribution in [2.24, 2.45) is 5.73 Å². The van der Waals surface area contributed by atoms with Crippen LogP contribution in [-0.4, -0.2) is 23.0 Å². The molecule has 1 aromatic rings. The maximum atomic E-state index is 11.0. The van der Waals surface area contributed by atoms with Gasteiger partial charge in [-0.1, -0.05) is 12.2 Å². The molecular weight excluding hydrogens is 238 g/mol. The fourth-order valence-corrected chi connectivity index (χ4v) is 2.22. The van der Waals surface area contributed by atoms with Gasteiger partial charge in [-0.25, -0.2) is 0 Å². The van der Waals surface area contributed by atoms with Crippen molar-refractivity contribution < 1.29 is 4.92 Å². The second kappa shape index (κ2) is 4.67. The van der Waals surface area contributed by atoms with E-state index in [1.54, 1.807) is 12.1 Å². The molecule has 1 aromatic carbocycles. The van der Waals surface area contributed by atoms with Gasteiger partial charge in [-0.15, -0.1) is 0 Å². The summed E-state index contributed by atoms with van der Waals surface area (Å²) < 4.78 is 0. The van der Waals surface area contributed by atoms with Crippen LogP contribution >= 0.6 is 12.2 Å². The van der Waals surface area contributed by atoms with Crippen molar-refractivity contribution in [2.45, 2.75) is 12.8 Å². The number of rotatable bonds is 3. The molecule has 0 spiro atoms. The van der Waals surface area contributed by atoms with Crippen molar-refractivity contribution in [3.63, 3.8) is 0 Å². The standard InChI is InChI=1S/C11H13N3O2S/c12-11(17)9-4-3-8(7-10(9)14(15)16)13-5-1-2-6-13/h3-4,7H,1-2,5-6H2,(H2,12,17). The highest BCUT2D eigenvalue weighted by Gasteiger charge is 2.20. The Labute approximate surface area is 104 Å². The van der Waals surface area contributed by atoms with Crippen molar-refractivity contribution in [1.29, 1.82) is 0 Å². The molecule has 2 rings (SSSR count). The number of nitro groups is 1. The molecule has 1 fully saturated rings. The minimum atomic E-state index is -0.436. The molecule has 0 amide bonds. The average molecular weight is 251 g/mol. The molecule has 0 radical (unpaired) electrons. The molecule has 1 saturated heterocycles. The Kier molecular flexibility index (Phi) is 3.23. The van der Waals surface area contributed by atoms with Crippen LogP contribution in [0.3, 0.4) is 0 Å². The zero-order valence-corrected chi connectivity index (χ0v) is 10.1. The number of nitrogens with zero attached hydrogens (tertiary/aromatic N) is 2. The first-order chi connectivity index (χ1) is 8.09. The smallest absolute Gasteiger partial charge is 0.281 e. The Bertz CT molecular complexity index is 470. The molecule has 6 heteroatoms. The van der Waals surface area contributed by atoms with Crippen LogP contribution in [0.15, 0.2) is 18.2 Å². The summed E-state index contributed by atoms with van der Waals surface area (Å²) in [5.41, 5.74) is 6.65. The molecule has 2 N–H and O–H groups in total. The fraction of sp³-hybridized carbons (Fsp3) is 0.364. The molecular formula is C11H13N3O2S. The Hall–Kier alpha value is -1.69. The number of benzene rings is 1. The van der Waals surface area contributed by atoms with Gasteiger partial charge in [-0.2, -0.15) is 0 Å². The van der Waals surface area contributed by atoms with Crippen molar-refractivity contribution >= 4 is 28.6 Å². The van der Waals surface area contributed by atoms with Crippen LogP contribution in [0.5, 0.6) is 0 Å². The first-order valence-corrected chi connectivity index (χ1v) is 5.83. The van der Waals surface area contributed by atoms with Crippen LogP contribution in [0.25, 0.3) is 0 Å². The van der Waals surface area contributed by atoms with Crippen LogP contribution < -0.4 is 10.6 Å². The summed E-state index contributed by atoms with van der Waals surface area (Å²) >= 11 is 4.81. The van der Waals surface area contributed by atoms with Gasteiger partial charge in [0, 0.05) is 24.8 Å². The highest BCUT2D eigenvalue weighted by molar-refractivity contribution is 7.80. The lowest BCUT2D eigenvalue weighted by atomic mass is 10.1. The topological polar surface area (TPSA) is 72.4 Å². The Morgan fingerprint density at radius 1 is 1.41 bits per heavy atom. The van der Waals surface area contributed by atoms with Crippen LogP contribution in [-0.2, 0) is 0 Å². The molecule has 5 nitrogen and oxygen atoms in total. The first-order valence-electron chi connectivity index (χ1n) is 5.43. The highest BCUT2D eigenvalue weighted by atomic mass is 32.1. The number of hydrogen-bond acceptors (Lipinski definition) is 4. The Balaban J connectivity index is 2.41. The van der Waals surface area contributed by atoms with E-state index in [1.807, 2.05) is 6.07 Å². The Morgan fingerprint density at radius 2 is 2.06 bits per heavy atom. The van der Waals surface area contributed by atoms with E-state index in [2.05, 4.69) is 4.90 Å². The number of nitro benzene ring substituents is 1. The zero-order chi connectivity index (χ0) is 12.4. The summed E-state index contributed by atoms with van der Waals surface area (Å²) in [5.74, 6) is 0. The minimum absolute atomic E-state index is 0.0121. The maximum Gasteiger partial charge on any atom is 0.281 e. The van der Waals surface area contributed by atoms with Gasteiger partial charge in [0.1, 0.15) is 4.99 Å². The second-order valence-corrected chi connectivity index (χ2v) is 4.46. The van der Waals surface area contributed by atoms with Crippen molar-refractivity contribution in [3.05, 3.63) is 33.9 Å². The van der Waals surface area contributed by atoms with E-state index in [0.29, 0.717) is 5.56 Å². The van der Waals surface area contributed by atoms with E-state index in [4.69, 9.17) is 18.0 Å². The number of anilines is 1. The molecule has 0 atom stereocenters. The number of hydrogen-bond donors (Lipinski definition) is 1. The number of nitrogens with two attached hydrogens (primary N) is 1. The maximum absolute atomic E-state index is 11.0. The summed E-state index contributed by atoms with van der Waals surface area (Å²) in [6.07, 6.45) is 2.26. The third-order valence-corrected chi connectivity index (χ3v) is 3.13. The van der Waals surface area contributed by atoms with Crippen molar-refractivity contribution in [1.82, 2.24) is 0 Å². The summed E-state index contributed by atoms with van der Waals surface area (Å²) in [4.78, 5) is 12.7. The van der Waals surface area contributed by atoms with E-state index in [9.17, 15) is 10.1 Å². The molecule has 1 aliphatic heterocycles. The van der Waals surface area contributed by atoms with Gasteiger partial charge >= 0.3 is 0 Å². The molecule has 0 aromatic heterocycles. The van der Waals surface area contributed by atoms with Crippen molar-refractivity contribution in [2.75, 3.05) is 18.0 Å². The predicted octanol–water partition coefficient (Wildman–Crippen LogP) is 1.83. The van der Waals surface area contributed by atoms with Crippen LogP contribution in [0, 0.1) is 10.1 Å². The van der Waals surface area contributed by atoms with Gasteiger partial charge in [0.05, 0.1) is 10.5 Å². The molecule has 1 heterocycles. The molecule has 90 valence electrons. The van der Waals surface area contributed by atoms with Crippen molar-refractivity contribution in [3.8, 4) is 0 Å². The molecule has 17 heavy (non-hydrogen) atoms. The minimum Gasteiger partial charge on any atom is -0.389 e. The zero-order valence-electron chi connectivity index (χ0n) is 9.26. The molecule has 0 aliphatic carbocycles. The summed E-state index contributed by atoms with van der Waals surface area (Å²) in [6, 6.07) is 5.03. The van der Waals surface area contributed by atoms with Crippen LogP contribution in [0.2, 0.25) is 0 Å². The van der Waals surface area contributed by atoms with Crippen LogP contribution in [0.1, 0.15) is 18.4 Å². The van der Waals surface area contributed by atoms with Gasteiger partial charge in [0.2, 0.25) is 0 Å². The fourth-order valence-electron chi connectivity index (χ4n) is 2.05. The summed E-state index contributed by atoms with van der Waals surface area (Å²) in [6.45, 7) is 1.90. The second-order valence-electron chi connectivity index (χ2n) is 4.02. The largest absolute Gasteiger partial charge is 0.389 e. The Morgan fingerprint density at radius 3 is 2.59 bits per heavy atom. The monoisotopic (exact) mass is 251 g/mol. The average Bonchev–Trinajstić information content (AvgIpc) is 2.81.